The van der Waals surface area contributed by atoms with Gasteiger partial charge in [0.2, 0.25) is 11.8 Å². The second kappa shape index (κ2) is 3.55. The van der Waals surface area contributed by atoms with Crippen LogP contribution >= 0.6 is 0 Å². The predicted octanol–water partition coefficient (Wildman–Crippen LogP) is 2.47. The van der Waals surface area contributed by atoms with Crippen LogP contribution in [0.2, 0.25) is 0 Å². The molecule has 4 aliphatic rings. The topological polar surface area (TPSA) is 37.4 Å². The van der Waals surface area contributed by atoms with Gasteiger partial charge < -0.3 is 0 Å². The largest absolute Gasteiger partial charge is 0.280 e. The molecule has 3 fully saturated rings. The molecule has 2 bridgehead atoms. The highest BCUT2D eigenvalue weighted by Crippen LogP contribution is 2.77. The van der Waals surface area contributed by atoms with Crippen LogP contribution in [0, 0.1) is 40.9 Å². The van der Waals surface area contributed by atoms with Gasteiger partial charge in [0.1, 0.15) is 0 Å². The van der Waals surface area contributed by atoms with E-state index in [0.717, 1.165) is 0 Å². The van der Waals surface area contributed by atoms with Gasteiger partial charge in [0, 0.05) is 6.04 Å². The second-order valence-corrected chi connectivity index (χ2v) is 7.80. The molecule has 1 saturated heterocycles. The fourth-order valence-corrected chi connectivity index (χ4v) is 5.67. The van der Waals surface area contributed by atoms with Crippen molar-refractivity contribution in [2.75, 3.05) is 0 Å². The Labute approximate surface area is 120 Å². The number of fused-ring (bicyclic) bond motifs is 3. The summed E-state index contributed by atoms with van der Waals surface area (Å²) in [6.07, 6.45) is 5.72. The highest BCUT2D eigenvalue weighted by atomic mass is 16.2. The summed E-state index contributed by atoms with van der Waals surface area (Å²) < 4.78 is 0. The highest BCUT2D eigenvalue weighted by molar-refractivity contribution is 6.07. The summed E-state index contributed by atoms with van der Waals surface area (Å²) in [4.78, 5) is 26.9. The Balaban J connectivity index is 1.72. The van der Waals surface area contributed by atoms with Gasteiger partial charge in [-0.25, -0.2) is 0 Å². The first-order valence-corrected chi connectivity index (χ1v) is 7.96. The fourth-order valence-electron chi connectivity index (χ4n) is 5.67. The molecule has 5 unspecified atom stereocenters. The zero-order valence-corrected chi connectivity index (χ0v) is 12.7. The Morgan fingerprint density at radius 2 is 1.55 bits per heavy atom. The Morgan fingerprint density at radius 1 is 1.05 bits per heavy atom. The molecule has 1 spiro atoms. The first-order chi connectivity index (χ1) is 9.41. The van der Waals surface area contributed by atoms with E-state index in [2.05, 4.69) is 26.0 Å². The number of imide groups is 1. The summed E-state index contributed by atoms with van der Waals surface area (Å²) in [6, 6.07) is -0.00366. The molecule has 20 heavy (non-hydrogen) atoms. The molecule has 1 aliphatic heterocycles. The molecule has 4 rings (SSSR count). The minimum absolute atomic E-state index is 0.00366. The first-order valence-electron chi connectivity index (χ1n) is 7.96. The lowest BCUT2D eigenvalue weighted by atomic mass is 9.84. The molecule has 2 amide bonds. The first kappa shape index (κ1) is 12.6. The Kier molecular flexibility index (Phi) is 2.24. The zero-order valence-electron chi connectivity index (χ0n) is 12.7. The van der Waals surface area contributed by atoms with Crippen molar-refractivity contribution < 1.29 is 9.59 Å². The van der Waals surface area contributed by atoms with Crippen LogP contribution in [-0.4, -0.2) is 22.8 Å². The van der Waals surface area contributed by atoms with Gasteiger partial charge in [-0.05, 0) is 49.4 Å². The molecule has 0 N–H and O–H groups in total. The van der Waals surface area contributed by atoms with Crippen LogP contribution in [0.5, 0.6) is 0 Å². The molecule has 2 saturated carbocycles. The van der Waals surface area contributed by atoms with Gasteiger partial charge in [0.15, 0.2) is 0 Å². The van der Waals surface area contributed by atoms with Gasteiger partial charge in [-0.3, -0.25) is 14.5 Å². The van der Waals surface area contributed by atoms with Crippen molar-refractivity contribution in [1.82, 2.24) is 4.90 Å². The molecule has 3 nitrogen and oxygen atoms in total. The van der Waals surface area contributed by atoms with E-state index in [1.165, 1.54) is 11.3 Å². The van der Waals surface area contributed by atoms with E-state index in [0.29, 0.717) is 23.7 Å². The van der Waals surface area contributed by atoms with Crippen molar-refractivity contribution in [1.29, 1.82) is 0 Å². The van der Waals surface area contributed by atoms with Crippen LogP contribution in [-0.2, 0) is 9.59 Å². The lowest BCUT2D eigenvalue weighted by molar-refractivity contribution is -0.143. The van der Waals surface area contributed by atoms with Gasteiger partial charge >= 0.3 is 0 Å². The molecular formula is C17H23NO2. The van der Waals surface area contributed by atoms with Crippen molar-refractivity contribution in [3.63, 3.8) is 0 Å². The summed E-state index contributed by atoms with van der Waals surface area (Å²) in [6.45, 7) is 8.43. The van der Waals surface area contributed by atoms with E-state index in [1.807, 2.05) is 13.8 Å². The van der Waals surface area contributed by atoms with Crippen molar-refractivity contribution in [2.45, 2.75) is 40.2 Å². The molecule has 1 heterocycles. The average molecular weight is 273 g/mol. The minimum atomic E-state index is -0.0522. The molecular weight excluding hydrogens is 250 g/mol. The van der Waals surface area contributed by atoms with Crippen molar-refractivity contribution in [3.8, 4) is 0 Å². The zero-order chi connectivity index (χ0) is 14.4. The number of hydrogen-bond acceptors (Lipinski definition) is 2. The SMILES string of the molecule is CC(C)C1CC12C1C=CC2C2C(=O)N(C(C)C)C(=O)C21. The number of allylic oxidation sites excluding steroid dienone is 2. The van der Waals surface area contributed by atoms with E-state index in [1.54, 1.807) is 0 Å². The van der Waals surface area contributed by atoms with Gasteiger partial charge in [0.05, 0.1) is 11.8 Å². The number of likely N-dealkylation sites (tertiary alicyclic amines) is 1. The van der Waals surface area contributed by atoms with E-state index < -0.39 is 0 Å². The summed E-state index contributed by atoms with van der Waals surface area (Å²) >= 11 is 0. The molecule has 3 aliphatic carbocycles. The molecule has 3 heteroatoms. The summed E-state index contributed by atoms with van der Waals surface area (Å²) in [7, 11) is 0. The monoisotopic (exact) mass is 273 g/mol. The Morgan fingerprint density at radius 3 is 1.90 bits per heavy atom. The quantitative estimate of drug-likeness (QED) is 0.572. The number of hydrogen-bond donors (Lipinski definition) is 0. The van der Waals surface area contributed by atoms with E-state index in [-0.39, 0.29) is 35.1 Å². The van der Waals surface area contributed by atoms with Gasteiger partial charge in [-0.15, -0.1) is 0 Å². The minimum Gasteiger partial charge on any atom is -0.280 e. The third-order valence-corrected chi connectivity index (χ3v) is 6.40. The number of rotatable bonds is 2. The normalized spacial score (nSPS) is 48.3. The molecule has 0 aromatic heterocycles. The third kappa shape index (κ3) is 1.15. The lowest BCUT2D eigenvalue weighted by Crippen LogP contribution is -2.39. The number of nitrogens with zero attached hydrogens (tertiary/aromatic N) is 1. The van der Waals surface area contributed by atoms with Gasteiger partial charge in [-0.2, -0.15) is 0 Å². The van der Waals surface area contributed by atoms with Crippen LogP contribution in [0.15, 0.2) is 12.2 Å². The maximum atomic E-state index is 12.7. The number of carbonyl (C=O) groups excluding carboxylic acids is 2. The molecule has 108 valence electrons. The maximum absolute atomic E-state index is 12.7. The molecule has 0 aromatic carbocycles. The van der Waals surface area contributed by atoms with E-state index in [9.17, 15) is 9.59 Å². The Bertz CT molecular complexity index is 501. The second-order valence-electron chi connectivity index (χ2n) is 7.80. The average Bonchev–Trinajstić information content (AvgIpc) is 2.85. The smallest absolute Gasteiger partial charge is 0.233 e. The van der Waals surface area contributed by atoms with E-state index >= 15 is 0 Å². The van der Waals surface area contributed by atoms with Crippen LogP contribution in [0.25, 0.3) is 0 Å². The summed E-state index contributed by atoms with van der Waals surface area (Å²) in [5, 5.41) is 0. The van der Waals surface area contributed by atoms with Crippen LogP contribution in [0.3, 0.4) is 0 Å². The maximum Gasteiger partial charge on any atom is 0.233 e. The molecule has 0 radical (unpaired) electrons. The lowest BCUT2D eigenvalue weighted by Gasteiger charge is -2.26. The standard InChI is InChI=1S/C17H23NO2/c1-8(2)12-7-17(12)10-5-6-11(17)14-13(10)15(19)18(9(3)4)16(14)20/h5-6,8-14H,7H2,1-4H3. The molecule has 5 atom stereocenters. The van der Waals surface area contributed by atoms with Crippen LogP contribution in [0.4, 0.5) is 0 Å². The number of amides is 2. The number of carbonyl (C=O) groups is 2. The molecule has 0 aromatic rings. The van der Waals surface area contributed by atoms with Crippen molar-refractivity contribution in [2.24, 2.45) is 40.9 Å². The van der Waals surface area contributed by atoms with Crippen LogP contribution < -0.4 is 0 Å². The predicted molar refractivity (Wildman–Crippen MR) is 75.5 cm³/mol. The summed E-state index contributed by atoms with van der Waals surface area (Å²) in [5.74, 6) is 2.10. The Hall–Kier alpha value is -1.12. The van der Waals surface area contributed by atoms with Gasteiger partial charge in [0.25, 0.3) is 0 Å². The van der Waals surface area contributed by atoms with E-state index in [4.69, 9.17) is 0 Å². The van der Waals surface area contributed by atoms with Gasteiger partial charge in [-0.1, -0.05) is 26.0 Å². The fraction of sp³-hybridized carbons (Fsp3) is 0.765. The van der Waals surface area contributed by atoms with Crippen LogP contribution in [0.1, 0.15) is 34.1 Å². The van der Waals surface area contributed by atoms with Crippen molar-refractivity contribution in [3.05, 3.63) is 12.2 Å². The summed E-state index contributed by atoms with van der Waals surface area (Å²) in [5.41, 5.74) is 0.262. The highest BCUT2D eigenvalue weighted by Gasteiger charge is 2.77. The van der Waals surface area contributed by atoms with Crippen molar-refractivity contribution >= 4 is 11.8 Å². The third-order valence-electron chi connectivity index (χ3n) is 6.40.